The largest absolute Gasteiger partial charge is 0.398 e. The first-order valence-electron chi connectivity index (χ1n) is 6.56. The molecule has 6 nitrogen and oxygen atoms in total. The Morgan fingerprint density at radius 2 is 2.25 bits per heavy atom. The van der Waals surface area contributed by atoms with Crippen molar-refractivity contribution in [2.45, 2.75) is 31.4 Å². The normalized spacial score (nSPS) is 22.3. The SMILES string of the molecule is COC1CCCC1n1nnnc1-c1ccc(Cl)cc1N. The Morgan fingerprint density at radius 1 is 1.40 bits per heavy atom. The number of hydrogen-bond donors (Lipinski definition) is 1. The van der Waals surface area contributed by atoms with Gasteiger partial charge in [-0.05, 0) is 47.9 Å². The van der Waals surface area contributed by atoms with Crippen LogP contribution in [0.5, 0.6) is 0 Å². The van der Waals surface area contributed by atoms with Crippen molar-refractivity contribution in [2.75, 3.05) is 12.8 Å². The zero-order valence-corrected chi connectivity index (χ0v) is 11.9. The van der Waals surface area contributed by atoms with E-state index in [0.717, 1.165) is 24.8 Å². The van der Waals surface area contributed by atoms with Crippen LogP contribution in [0.15, 0.2) is 18.2 Å². The minimum atomic E-state index is 0.144. The van der Waals surface area contributed by atoms with Crippen LogP contribution in [0.4, 0.5) is 5.69 Å². The Morgan fingerprint density at radius 3 is 3.00 bits per heavy atom. The van der Waals surface area contributed by atoms with Gasteiger partial charge in [-0.1, -0.05) is 11.6 Å². The predicted octanol–water partition coefficient (Wildman–Crippen LogP) is 2.32. The van der Waals surface area contributed by atoms with E-state index >= 15 is 0 Å². The summed E-state index contributed by atoms with van der Waals surface area (Å²) in [7, 11) is 1.73. The standard InChI is InChI=1S/C13H16ClN5O/c1-20-12-4-2-3-11(12)19-13(16-17-18-19)9-6-5-8(14)7-10(9)15/h5-7,11-12H,2-4,15H2,1H3. The molecule has 0 saturated heterocycles. The van der Waals surface area contributed by atoms with Crippen LogP contribution in [0.2, 0.25) is 5.02 Å². The molecule has 1 aromatic carbocycles. The first-order chi connectivity index (χ1) is 9.70. The quantitative estimate of drug-likeness (QED) is 0.879. The van der Waals surface area contributed by atoms with E-state index < -0.39 is 0 Å². The van der Waals surface area contributed by atoms with Crippen LogP contribution in [0.1, 0.15) is 25.3 Å². The van der Waals surface area contributed by atoms with Crippen LogP contribution in [0, 0.1) is 0 Å². The Bertz CT molecular complexity index is 615. The van der Waals surface area contributed by atoms with E-state index in [1.807, 2.05) is 10.7 Å². The number of halogens is 1. The minimum absolute atomic E-state index is 0.144. The molecule has 1 aliphatic rings. The lowest BCUT2D eigenvalue weighted by atomic mass is 10.1. The average Bonchev–Trinajstić information content (AvgIpc) is 3.06. The molecular weight excluding hydrogens is 278 g/mol. The van der Waals surface area contributed by atoms with Gasteiger partial charge in [-0.25, -0.2) is 4.68 Å². The Kier molecular flexibility index (Phi) is 3.58. The number of aromatic nitrogens is 4. The Labute approximate surface area is 121 Å². The molecule has 20 heavy (non-hydrogen) atoms. The van der Waals surface area contributed by atoms with Crippen LogP contribution in [-0.4, -0.2) is 33.4 Å². The fourth-order valence-corrected chi connectivity index (χ4v) is 2.97. The smallest absolute Gasteiger partial charge is 0.184 e. The molecule has 2 N–H and O–H groups in total. The van der Waals surface area contributed by atoms with Gasteiger partial charge in [0.1, 0.15) is 0 Å². The van der Waals surface area contributed by atoms with Gasteiger partial charge in [0.05, 0.1) is 12.1 Å². The highest BCUT2D eigenvalue weighted by molar-refractivity contribution is 6.31. The van der Waals surface area contributed by atoms with E-state index in [9.17, 15) is 0 Å². The topological polar surface area (TPSA) is 78.8 Å². The van der Waals surface area contributed by atoms with Gasteiger partial charge in [0, 0.05) is 23.4 Å². The summed E-state index contributed by atoms with van der Waals surface area (Å²) in [6.07, 6.45) is 3.28. The molecule has 0 radical (unpaired) electrons. The van der Waals surface area contributed by atoms with Gasteiger partial charge in [-0.3, -0.25) is 0 Å². The summed E-state index contributed by atoms with van der Waals surface area (Å²) < 4.78 is 7.34. The molecule has 0 spiro atoms. The zero-order chi connectivity index (χ0) is 14.1. The number of hydrogen-bond acceptors (Lipinski definition) is 5. The van der Waals surface area contributed by atoms with Crippen molar-refractivity contribution in [1.29, 1.82) is 0 Å². The number of nitrogens with zero attached hydrogens (tertiary/aromatic N) is 4. The molecule has 106 valence electrons. The second kappa shape index (κ2) is 5.38. The predicted molar refractivity (Wildman–Crippen MR) is 76.4 cm³/mol. The molecule has 1 heterocycles. The highest BCUT2D eigenvalue weighted by Gasteiger charge is 2.32. The number of nitrogen functional groups attached to an aromatic ring is 1. The number of nitrogens with two attached hydrogens (primary N) is 1. The third-order valence-electron chi connectivity index (χ3n) is 3.78. The third kappa shape index (κ3) is 2.25. The number of benzene rings is 1. The molecule has 2 atom stereocenters. The van der Waals surface area contributed by atoms with Gasteiger partial charge < -0.3 is 10.5 Å². The maximum Gasteiger partial charge on any atom is 0.184 e. The second-order valence-corrected chi connectivity index (χ2v) is 5.39. The lowest BCUT2D eigenvalue weighted by molar-refractivity contribution is 0.0708. The van der Waals surface area contributed by atoms with E-state index in [2.05, 4.69) is 15.5 Å². The van der Waals surface area contributed by atoms with E-state index in [0.29, 0.717) is 16.5 Å². The van der Waals surface area contributed by atoms with Crippen LogP contribution in [-0.2, 0) is 4.74 Å². The van der Waals surface area contributed by atoms with Crippen LogP contribution in [0.25, 0.3) is 11.4 Å². The first-order valence-corrected chi connectivity index (χ1v) is 6.94. The number of rotatable bonds is 3. The lowest BCUT2D eigenvalue weighted by Gasteiger charge is -2.19. The summed E-state index contributed by atoms with van der Waals surface area (Å²) in [6.45, 7) is 0. The highest BCUT2D eigenvalue weighted by Crippen LogP contribution is 2.35. The van der Waals surface area contributed by atoms with E-state index in [1.165, 1.54) is 0 Å². The summed E-state index contributed by atoms with van der Waals surface area (Å²) in [5, 5.41) is 12.6. The molecule has 0 aliphatic heterocycles. The lowest BCUT2D eigenvalue weighted by Crippen LogP contribution is -2.22. The molecule has 0 amide bonds. The van der Waals surface area contributed by atoms with E-state index in [-0.39, 0.29) is 12.1 Å². The number of tetrazole rings is 1. The van der Waals surface area contributed by atoms with Crippen molar-refractivity contribution in [3.8, 4) is 11.4 Å². The summed E-state index contributed by atoms with van der Waals surface area (Å²) in [4.78, 5) is 0. The molecule has 2 unspecified atom stereocenters. The van der Waals surface area contributed by atoms with Gasteiger partial charge in [0.2, 0.25) is 0 Å². The number of methoxy groups -OCH3 is 1. The van der Waals surface area contributed by atoms with Crippen molar-refractivity contribution in [1.82, 2.24) is 20.2 Å². The summed E-state index contributed by atoms with van der Waals surface area (Å²) >= 11 is 5.93. The molecule has 1 aromatic heterocycles. The van der Waals surface area contributed by atoms with Gasteiger partial charge in [-0.15, -0.1) is 5.10 Å². The Balaban J connectivity index is 2.01. The highest BCUT2D eigenvalue weighted by atomic mass is 35.5. The Hall–Kier alpha value is -1.66. The summed E-state index contributed by atoms with van der Waals surface area (Å²) in [5.74, 6) is 0.660. The van der Waals surface area contributed by atoms with Crippen molar-refractivity contribution >= 4 is 17.3 Å². The van der Waals surface area contributed by atoms with Gasteiger partial charge >= 0.3 is 0 Å². The fraction of sp³-hybridized carbons (Fsp3) is 0.462. The van der Waals surface area contributed by atoms with Crippen molar-refractivity contribution < 1.29 is 4.74 Å². The van der Waals surface area contributed by atoms with Crippen LogP contribution in [0.3, 0.4) is 0 Å². The molecule has 3 rings (SSSR count). The molecular formula is C13H16ClN5O. The molecule has 1 fully saturated rings. The molecule has 2 aromatic rings. The number of anilines is 1. The van der Waals surface area contributed by atoms with Crippen LogP contribution < -0.4 is 5.73 Å². The maximum atomic E-state index is 6.02. The van der Waals surface area contributed by atoms with Gasteiger partial charge in [-0.2, -0.15) is 0 Å². The minimum Gasteiger partial charge on any atom is -0.398 e. The first kappa shape index (κ1) is 13.3. The average molecular weight is 294 g/mol. The second-order valence-electron chi connectivity index (χ2n) is 4.95. The van der Waals surface area contributed by atoms with Crippen molar-refractivity contribution in [3.63, 3.8) is 0 Å². The summed E-state index contributed by atoms with van der Waals surface area (Å²) in [6, 6.07) is 5.49. The van der Waals surface area contributed by atoms with Crippen molar-refractivity contribution in [2.24, 2.45) is 0 Å². The number of ether oxygens (including phenoxy) is 1. The molecule has 1 saturated carbocycles. The van der Waals surface area contributed by atoms with Gasteiger partial charge in [0.15, 0.2) is 5.82 Å². The zero-order valence-electron chi connectivity index (χ0n) is 11.2. The van der Waals surface area contributed by atoms with Crippen molar-refractivity contribution in [3.05, 3.63) is 23.2 Å². The van der Waals surface area contributed by atoms with E-state index in [1.54, 1.807) is 19.2 Å². The van der Waals surface area contributed by atoms with Gasteiger partial charge in [0.25, 0.3) is 0 Å². The summed E-state index contributed by atoms with van der Waals surface area (Å²) in [5.41, 5.74) is 7.39. The molecule has 1 aliphatic carbocycles. The van der Waals surface area contributed by atoms with Crippen LogP contribution >= 0.6 is 11.6 Å². The van der Waals surface area contributed by atoms with E-state index in [4.69, 9.17) is 22.1 Å². The monoisotopic (exact) mass is 293 g/mol. The molecule has 7 heteroatoms. The third-order valence-corrected chi connectivity index (χ3v) is 4.02. The fourth-order valence-electron chi connectivity index (χ4n) is 2.79. The maximum absolute atomic E-state index is 6.02. The molecule has 0 bridgehead atoms.